The maximum absolute atomic E-state index is 5.63. The van der Waals surface area contributed by atoms with E-state index in [0.29, 0.717) is 22.6 Å². The molecule has 114 valence electrons. The zero-order chi connectivity index (χ0) is 15.1. The van der Waals surface area contributed by atoms with Crippen LogP contribution in [-0.4, -0.2) is 43.9 Å². The number of ether oxygens (including phenoxy) is 3. The van der Waals surface area contributed by atoms with Crippen LogP contribution in [-0.2, 0) is 4.74 Å². The van der Waals surface area contributed by atoms with Crippen LogP contribution in [0.25, 0.3) is 11.5 Å². The fourth-order valence-electron chi connectivity index (χ4n) is 1.72. The molecular weight excluding hydrogens is 292 g/mol. The van der Waals surface area contributed by atoms with Gasteiger partial charge in [-0.25, -0.2) is 0 Å². The van der Waals surface area contributed by atoms with Crippen LogP contribution in [0.2, 0.25) is 0 Å². The molecule has 7 heteroatoms. The summed E-state index contributed by atoms with van der Waals surface area (Å²) in [6.45, 7) is 0.726. The van der Waals surface area contributed by atoms with Crippen molar-refractivity contribution in [1.29, 1.82) is 0 Å². The average Bonchev–Trinajstić information content (AvgIpc) is 2.99. The van der Waals surface area contributed by atoms with Gasteiger partial charge in [0.15, 0.2) is 11.5 Å². The van der Waals surface area contributed by atoms with Gasteiger partial charge in [0, 0.05) is 25.0 Å². The quantitative estimate of drug-likeness (QED) is 0.548. The van der Waals surface area contributed by atoms with Gasteiger partial charge < -0.3 is 18.6 Å². The molecule has 1 aromatic carbocycles. The van der Waals surface area contributed by atoms with Crippen LogP contribution in [0.5, 0.6) is 11.5 Å². The summed E-state index contributed by atoms with van der Waals surface area (Å²) < 4.78 is 21.1. The molecule has 0 aliphatic heterocycles. The van der Waals surface area contributed by atoms with Gasteiger partial charge in [-0.1, -0.05) is 11.8 Å². The number of benzene rings is 1. The van der Waals surface area contributed by atoms with Crippen molar-refractivity contribution in [2.45, 2.75) is 11.6 Å². The van der Waals surface area contributed by atoms with Crippen LogP contribution in [0.15, 0.2) is 27.8 Å². The van der Waals surface area contributed by atoms with Crippen molar-refractivity contribution < 1.29 is 18.6 Å². The first-order valence-electron chi connectivity index (χ1n) is 6.46. The third-order valence-electron chi connectivity index (χ3n) is 2.76. The number of rotatable bonds is 8. The minimum atomic E-state index is 0.463. The fourth-order valence-corrected chi connectivity index (χ4v) is 2.39. The lowest BCUT2D eigenvalue weighted by Crippen LogP contribution is -1.90. The molecule has 21 heavy (non-hydrogen) atoms. The second kappa shape index (κ2) is 7.90. The van der Waals surface area contributed by atoms with Crippen molar-refractivity contribution in [2.24, 2.45) is 0 Å². The van der Waals surface area contributed by atoms with Crippen LogP contribution in [0.4, 0.5) is 0 Å². The smallest absolute Gasteiger partial charge is 0.276 e. The molecule has 0 aliphatic rings. The van der Waals surface area contributed by atoms with E-state index in [1.807, 2.05) is 18.2 Å². The molecule has 2 aromatic rings. The van der Waals surface area contributed by atoms with Crippen LogP contribution in [0.1, 0.15) is 6.42 Å². The number of nitrogens with zero attached hydrogens (tertiary/aromatic N) is 2. The van der Waals surface area contributed by atoms with Crippen molar-refractivity contribution >= 4 is 11.8 Å². The highest BCUT2D eigenvalue weighted by molar-refractivity contribution is 7.99. The van der Waals surface area contributed by atoms with E-state index in [4.69, 9.17) is 18.6 Å². The molecule has 2 rings (SSSR count). The summed E-state index contributed by atoms with van der Waals surface area (Å²) in [6, 6.07) is 5.48. The van der Waals surface area contributed by atoms with Crippen molar-refractivity contribution in [1.82, 2.24) is 10.2 Å². The number of aromatic nitrogens is 2. The van der Waals surface area contributed by atoms with Crippen molar-refractivity contribution in [3.05, 3.63) is 18.2 Å². The Morgan fingerprint density at radius 1 is 1.10 bits per heavy atom. The molecule has 0 radical (unpaired) electrons. The van der Waals surface area contributed by atoms with E-state index in [1.54, 1.807) is 21.3 Å². The molecule has 1 heterocycles. The van der Waals surface area contributed by atoms with E-state index in [9.17, 15) is 0 Å². The van der Waals surface area contributed by atoms with E-state index in [2.05, 4.69) is 10.2 Å². The van der Waals surface area contributed by atoms with E-state index in [0.717, 1.165) is 24.3 Å². The summed E-state index contributed by atoms with van der Waals surface area (Å²) in [4.78, 5) is 0. The number of hydrogen-bond acceptors (Lipinski definition) is 7. The Kier molecular flexibility index (Phi) is 5.89. The lowest BCUT2D eigenvalue weighted by atomic mass is 10.2. The third kappa shape index (κ3) is 4.12. The average molecular weight is 310 g/mol. The SMILES string of the molecule is COCCCSc1nnc(-c2ccc(OC)c(OC)c2)o1. The standard InChI is InChI=1S/C14H18N2O4S/c1-17-7-4-8-21-14-16-15-13(20-14)10-5-6-11(18-2)12(9-10)19-3/h5-6,9H,4,7-8H2,1-3H3. The predicted octanol–water partition coefficient (Wildman–Crippen LogP) is 2.88. The van der Waals surface area contributed by atoms with Gasteiger partial charge >= 0.3 is 0 Å². The van der Waals surface area contributed by atoms with Gasteiger partial charge in [0.2, 0.25) is 5.89 Å². The van der Waals surface area contributed by atoms with E-state index in [-0.39, 0.29) is 0 Å². The Balaban J connectivity index is 2.06. The molecule has 0 fully saturated rings. The molecule has 0 saturated carbocycles. The Morgan fingerprint density at radius 3 is 2.62 bits per heavy atom. The zero-order valence-corrected chi connectivity index (χ0v) is 13.1. The number of thioether (sulfide) groups is 1. The van der Waals surface area contributed by atoms with Crippen LogP contribution in [0, 0.1) is 0 Å². The Bertz CT molecular complexity index is 574. The van der Waals surface area contributed by atoms with Crippen molar-refractivity contribution in [3.63, 3.8) is 0 Å². The molecule has 0 spiro atoms. The molecule has 0 aliphatic carbocycles. The molecule has 6 nitrogen and oxygen atoms in total. The molecule has 1 aromatic heterocycles. The van der Waals surface area contributed by atoms with Gasteiger partial charge in [-0.3, -0.25) is 0 Å². The minimum Gasteiger partial charge on any atom is -0.493 e. The predicted molar refractivity (Wildman–Crippen MR) is 80.1 cm³/mol. The second-order valence-corrected chi connectivity index (χ2v) is 5.18. The zero-order valence-electron chi connectivity index (χ0n) is 12.3. The van der Waals surface area contributed by atoms with Gasteiger partial charge in [-0.2, -0.15) is 0 Å². The number of hydrogen-bond donors (Lipinski definition) is 0. The Labute approximate surface area is 127 Å². The third-order valence-corrected chi connectivity index (χ3v) is 3.66. The van der Waals surface area contributed by atoms with Crippen molar-refractivity contribution in [3.8, 4) is 23.0 Å². The number of methoxy groups -OCH3 is 3. The topological polar surface area (TPSA) is 66.6 Å². The van der Waals surface area contributed by atoms with Crippen LogP contribution in [0.3, 0.4) is 0 Å². The van der Waals surface area contributed by atoms with E-state index >= 15 is 0 Å². The van der Waals surface area contributed by atoms with Crippen LogP contribution < -0.4 is 9.47 Å². The Hall–Kier alpha value is -1.73. The normalized spacial score (nSPS) is 10.6. The lowest BCUT2D eigenvalue weighted by molar-refractivity contribution is 0.200. The van der Waals surface area contributed by atoms with Gasteiger partial charge in [0.25, 0.3) is 5.22 Å². The summed E-state index contributed by atoms with van der Waals surface area (Å²) in [5.74, 6) is 2.63. The summed E-state index contributed by atoms with van der Waals surface area (Å²) in [7, 11) is 4.87. The largest absolute Gasteiger partial charge is 0.493 e. The highest BCUT2D eigenvalue weighted by Gasteiger charge is 2.12. The van der Waals surface area contributed by atoms with E-state index in [1.165, 1.54) is 11.8 Å². The first-order chi connectivity index (χ1) is 10.3. The van der Waals surface area contributed by atoms with Gasteiger partial charge in [-0.05, 0) is 24.6 Å². The van der Waals surface area contributed by atoms with E-state index < -0.39 is 0 Å². The van der Waals surface area contributed by atoms with Crippen molar-refractivity contribution in [2.75, 3.05) is 33.7 Å². The summed E-state index contributed by atoms with van der Waals surface area (Å²) >= 11 is 1.52. The first-order valence-corrected chi connectivity index (χ1v) is 7.44. The monoisotopic (exact) mass is 310 g/mol. The van der Waals surface area contributed by atoms with Gasteiger partial charge in [0.05, 0.1) is 14.2 Å². The molecule has 0 unspecified atom stereocenters. The summed E-state index contributed by atoms with van der Waals surface area (Å²) in [5, 5.41) is 8.62. The second-order valence-electron chi connectivity index (χ2n) is 4.14. The highest BCUT2D eigenvalue weighted by atomic mass is 32.2. The highest BCUT2D eigenvalue weighted by Crippen LogP contribution is 2.32. The first kappa shape index (κ1) is 15.7. The van der Waals surface area contributed by atoms with Crippen LogP contribution >= 0.6 is 11.8 Å². The van der Waals surface area contributed by atoms with Gasteiger partial charge in [0.1, 0.15) is 0 Å². The molecular formula is C14H18N2O4S. The summed E-state index contributed by atoms with van der Waals surface area (Å²) in [6.07, 6.45) is 0.940. The lowest BCUT2D eigenvalue weighted by Gasteiger charge is -2.07. The minimum absolute atomic E-state index is 0.463. The molecule has 0 atom stereocenters. The maximum atomic E-state index is 5.63. The molecule has 0 saturated heterocycles. The molecule has 0 N–H and O–H groups in total. The molecule has 0 amide bonds. The Morgan fingerprint density at radius 2 is 1.90 bits per heavy atom. The summed E-state index contributed by atoms with van der Waals surface area (Å²) in [5.41, 5.74) is 0.795. The van der Waals surface area contributed by atoms with Gasteiger partial charge in [-0.15, -0.1) is 10.2 Å². The molecule has 0 bridgehead atoms. The fraction of sp³-hybridized carbons (Fsp3) is 0.429. The maximum Gasteiger partial charge on any atom is 0.276 e.